The molecule has 2 radical (unpaired) electrons. The van der Waals surface area contributed by atoms with E-state index in [2.05, 4.69) is 17.4 Å². The summed E-state index contributed by atoms with van der Waals surface area (Å²) in [6.07, 6.45) is 2.18. The normalized spacial score (nSPS) is 8.36. The molecular weight excluding hydrogens is 290 g/mol. The molecule has 0 saturated heterocycles. The predicted molar refractivity (Wildman–Crippen MR) is 36.6 cm³/mol. The topological polar surface area (TPSA) is 38.4 Å². The van der Waals surface area contributed by atoms with Crippen molar-refractivity contribution in [3.63, 3.8) is 0 Å². The van der Waals surface area contributed by atoms with E-state index in [1.54, 1.807) is 12.1 Å². The monoisotopic (exact) mass is 296 g/mol. The van der Waals surface area contributed by atoms with Crippen molar-refractivity contribution in [1.82, 2.24) is 0 Å². The fraction of sp³-hybridized carbons (Fsp3) is 0. The first-order valence-electron chi connectivity index (χ1n) is 2.56. The minimum atomic E-state index is 0. The first kappa shape index (κ1) is 14.4. The third-order valence-electron chi connectivity index (χ3n) is 0.878. The Morgan fingerprint density at radius 2 is 2.09 bits per heavy atom. The molecule has 4 heteroatoms. The van der Waals surface area contributed by atoms with Crippen molar-refractivity contribution in [1.29, 1.82) is 0 Å². The van der Waals surface area contributed by atoms with Crippen molar-refractivity contribution in [2.24, 2.45) is 10.7 Å². The fourth-order valence-electron chi connectivity index (χ4n) is 0.523. The van der Waals surface area contributed by atoms with Gasteiger partial charge in [-0.3, -0.25) is 6.07 Å². The van der Waals surface area contributed by atoms with Crippen LogP contribution in [-0.2, 0) is 65.4 Å². The second-order valence-electron chi connectivity index (χ2n) is 1.49. The van der Waals surface area contributed by atoms with Crippen LogP contribution < -0.4 is 5.73 Å². The Hall–Kier alpha value is 0.898. The van der Waals surface area contributed by atoms with E-state index in [4.69, 9.17) is 5.73 Å². The van der Waals surface area contributed by atoms with Gasteiger partial charge in [-0.05, 0) is 0 Å². The third-order valence-corrected chi connectivity index (χ3v) is 0.878. The summed E-state index contributed by atoms with van der Waals surface area (Å²) in [7, 11) is 0. The molecule has 11 heavy (non-hydrogen) atoms. The molecule has 2 N–H and O–H groups in total. The molecule has 0 aliphatic carbocycles. The molecule has 1 aromatic carbocycles. The van der Waals surface area contributed by atoms with Crippen LogP contribution in [0.3, 0.4) is 0 Å². The largest absolute Gasteiger partial charge is 0.473 e. The number of hydrogen-bond acceptors (Lipinski definition) is 1. The molecule has 0 unspecified atom stereocenters. The number of aliphatic imine (C=N–C) groups is 1. The Labute approximate surface area is 117 Å². The molecule has 0 aliphatic heterocycles. The minimum Gasteiger partial charge on any atom is -0.473 e. The first-order valence-corrected chi connectivity index (χ1v) is 2.56. The fourth-order valence-corrected chi connectivity index (χ4v) is 0.523. The van der Waals surface area contributed by atoms with Gasteiger partial charge in [0.1, 0.15) is 0 Å². The van der Waals surface area contributed by atoms with Gasteiger partial charge in [-0.15, -0.1) is 0 Å². The number of nitrogens with two attached hydrogens (primary N) is 1. The summed E-state index contributed by atoms with van der Waals surface area (Å²) < 4.78 is 0. The van der Waals surface area contributed by atoms with E-state index in [0.29, 0.717) is 5.69 Å². The maximum Gasteiger partial charge on any atom is 0 e. The zero-order valence-corrected chi connectivity index (χ0v) is 11.7. The first-order chi connectivity index (χ1) is 4.43. The molecule has 0 fully saturated rings. The summed E-state index contributed by atoms with van der Waals surface area (Å²) in [5, 5.41) is 0. The molecule has 0 aliphatic rings. The van der Waals surface area contributed by atoms with E-state index in [0.717, 1.165) is 0 Å². The van der Waals surface area contributed by atoms with Crippen molar-refractivity contribution in [3.8, 4) is 0 Å². The SMILES string of the molecule is N[C-]=Nc1[c-]cccc1.[Y].[Y]. The van der Waals surface area contributed by atoms with Gasteiger partial charge in [0.15, 0.2) is 0 Å². The molecule has 0 aromatic heterocycles. The van der Waals surface area contributed by atoms with Gasteiger partial charge in [0.2, 0.25) is 0 Å². The van der Waals surface area contributed by atoms with Gasteiger partial charge in [-0.2, -0.15) is 18.2 Å². The van der Waals surface area contributed by atoms with E-state index in [-0.39, 0.29) is 65.4 Å². The maximum atomic E-state index is 4.92. The predicted octanol–water partition coefficient (Wildman–Crippen LogP) is 0.977. The van der Waals surface area contributed by atoms with Crippen molar-refractivity contribution in [2.75, 3.05) is 0 Å². The van der Waals surface area contributed by atoms with Crippen LogP contribution in [0.4, 0.5) is 5.69 Å². The summed E-state index contributed by atoms with van der Waals surface area (Å²) in [5.41, 5.74) is 5.63. The van der Waals surface area contributed by atoms with Gasteiger partial charge in [-0.1, -0.05) is 6.34 Å². The van der Waals surface area contributed by atoms with Crippen molar-refractivity contribution >= 4 is 12.0 Å². The Morgan fingerprint density at radius 3 is 2.55 bits per heavy atom. The number of rotatable bonds is 1. The Balaban J connectivity index is 0. The molecule has 52 valence electrons. The van der Waals surface area contributed by atoms with E-state index in [9.17, 15) is 0 Å². The molecule has 0 spiro atoms. The van der Waals surface area contributed by atoms with E-state index < -0.39 is 0 Å². The second-order valence-corrected chi connectivity index (χ2v) is 1.49. The smallest absolute Gasteiger partial charge is 0 e. The molecule has 1 rings (SSSR count). The number of benzene rings is 1. The molecule has 0 heterocycles. The molecule has 2 nitrogen and oxygen atoms in total. The van der Waals surface area contributed by atoms with E-state index >= 15 is 0 Å². The van der Waals surface area contributed by atoms with Gasteiger partial charge in [0.05, 0.1) is 0 Å². The summed E-state index contributed by atoms with van der Waals surface area (Å²) >= 11 is 0. The molecule has 1 aromatic rings. The Bertz CT molecular complexity index is 199. The van der Waals surface area contributed by atoms with Gasteiger partial charge in [0, 0.05) is 65.4 Å². The van der Waals surface area contributed by atoms with E-state index in [1.165, 1.54) is 0 Å². The van der Waals surface area contributed by atoms with Gasteiger partial charge in [-0.25, -0.2) is 11.8 Å². The van der Waals surface area contributed by atoms with Crippen LogP contribution in [0.5, 0.6) is 0 Å². The number of para-hydroxylation sites is 1. The average Bonchev–Trinajstić information content (AvgIpc) is 1.91. The minimum absolute atomic E-state index is 0. The van der Waals surface area contributed by atoms with Crippen LogP contribution >= 0.6 is 0 Å². The summed E-state index contributed by atoms with van der Waals surface area (Å²) in [5.74, 6) is 0. The van der Waals surface area contributed by atoms with Gasteiger partial charge >= 0.3 is 0 Å². The molecule has 0 amide bonds. The van der Waals surface area contributed by atoms with Crippen molar-refractivity contribution in [2.45, 2.75) is 0 Å². The standard InChI is InChI=1S/C7H6N2.2Y/c8-6-9-7-4-2-1-3-5-7;;/h1-4H,(H2,8,9);;/q-2;;. The molecule has 0 bridgehead atoms. The summed E-state index contributed by atoms with van der Waals surface area (Å²) in [4.78, 5) is 3.68. The number of nitrogens with zero attached hydrogens (tertiary/aromatic N) is 1. The van der Waals surface area contributed by atoms with Crippen LogP contribution in [0.2, 0.25) is 0 Å². The van der Waals surface area contributed by atoms with Crippen LogP contribution in [0.15, 0.2) is 29.3 Å². The summed E-state index contributed by atoms with van der Waals surface area (Å²) in [6.45, 7) is 0. The van der Waals surface area contributed by atoms with Gasteiger partial charge < -0.3 is 10.7 Å². The molecular formula is C7H6N2Y2-2. The van der Waals surface area contributed by atoms with Crippen LogP contribution in [0.25, 0.3) is 0 Å². The molecule has 0 atom stereocenters. The Kier molecular flexibility index (Phi) is 11.8. The third kappa shape index (κ3) is 6.09. The zero-order chi connectivity index (χ0) is 6.53. The Morgan fingerprint density at radius 1 is 1.36 bits per heavy atom. The van der Waals surface area contributed by atoms with Crippen molar-refractivity contribution < 1.29 is 65.4 Å². The average molecular weight is 296 g/mol. The van der Waals surface area contributed by atoms with Crippen LogP contribution in [0.1, 0.15) is 0 Å². The zero-order valence-electron chi connectivity index (χ0n) is 5.99. The van der Waals surface area contributed by atoms with E-state index in [1.807, 2.05) is 12.1 Å². The van der Waals surface area contributed by atoms with Gasteiger partial charge in [0.25, 0.3) is 0 Å². The number of hydrogen-bond donors (Lipinski definition) is 1. The van der Waals surface area contributed by atoms with Crippen LogP contribution in [-0.4, -0.2) is 6.34 Å². The second kappa shape index (κ2) is 8.99. The quantitative estimate of drug-likeness (QED) is 0.357. The van der Waals surface area contributed by atoms with Crippen molar-refractivity contribution in [3.05, 3.63) is 30.3 Å². The molecule has 0 saturated carbocycles. The van der Waals surface area contributed by atoms with Crippen LogP contribution in [0, 0.1) is 6.07 Å². The maximum absolute atomic E-state index is 4.92. The summed E-state index contributed by atoms with van der Waals surface area (Å²) in [6, 6.07) is 10.2.